The number of hydrogen-bond acceptors (Lipinski definition) is 3. The van der Waals surface area contributed by atoms with E-state index in [-0.39, 0.29) is 12.1 Å². The van der Waals surface area contributed by atoms with Gasteiger partial charge in [-0.3, -0.25) is 4.79 Å². The molecule has 2 rings (SSSR count). The number of carboxylic acid groups (broad SMARTS) is 1. The Morgan fingerprint density at radius 2 is 2.17 bits per heavy atom. The highest BCUT2D eigenvalue weighted by atomic mass is 16.4. The molecule has 0 aliphatic heterocycles. The average Bonchev–Trinajstić information content (AvgIpc) is 2.33. The van der Waals surface area contributed by atoms with E-state index in [0.717, 1.165) is 11.6 Å². The van der Waals surface area contributed by atoms with E-state index in [9.17, 15) is 9.59 Å². The standard InChI is InChI=1S/C13H12N2O3/c1-9-13(18)15(8-4-7-12(16)17)11-6-3-2-5-10(11)14-9/h2-7H,8H2,1H3,(H,16,17). The molecule has 18 heavy (non-hydrogen) atoms. The van der Waals surface area contributed by atoms with E-state index >= 15 is 0 Å². The number of aliphatic carboxylic acids is 1. The van der Waals surface area contributed by atoms with Gasteiger partial charge in [0.1, 0.15) is 5.69 Å². The predicted octanol–water partition coefficient (Wildman–Crippen LogP) is 1.35. The van der Waals surface area contributed by atoms with Gasteiger partial charge in [-0.1, -0.05) is 18.2 Å². The Kier molecular flexibility index (Phi) is 3.23. The van der Waals surface area contributed by atoms with Gasteiger partial charge in [-0.25, -0.2) is 9.78 Å². The molecule has 1 N–H and O–H groups in total. The summed E-state index contributed by atoms with van der Waals surface area (Å²) in [7, 11) is 0. The summed E-state index contributed by atoms with van der Waals surface area (Å²) in [5, 5.41) is 8.54. The lowest BCUT2D eigenvalue weighted by Gasteiger charge is -2.08. The molecule has 5 nitrogen and oxygen atoms in total. The maximum absolute atomic E-state index is 12.0. The number of aryl methyl sites for hydroxylation is 1. The van der Waals surface area contributed by atoms with Crippen LogP contribution in [0.3, 0.4) is 0 Å². The third-order valence-corrected chi connectivity index (χ3v) is 2.56. The quantitative estimate of drug-likeness (QED) is 0.827. The maximum atomic E-state index is 12.0. The lowest BCUT2D eigenvalue weighted by atomic mass is 10.2. The first-order chi connectivity index (χ1) is 8.59. The zero-order valence-corrected chi connectivity index (χ0v) is 9.83. The molecule has 0 unspecified atom stereocenters. The summed E-state index contributed by atoms with van der Waals surface area (Å²) in [6.07, 6.45) is 2.46. The van der Waals surface area contributed by atoms with Gasteiger partial charge in [0.2, 0.25) is 0 Å². The van der Waals surface area contributed by atoms with Crippen LogP contribution in [-0.4, -0.2) is 20.6 Å². The smallest absolute Gasteiger partial charge is 0.328 e. The Bertz CT molecular complexity index is 686. The van der Waals surface area contributed by atoms with Gasteiger partial charge in [-0.2, -0.15) is 0 Å². The van der Waals surface area contributed by atoms with E-state index in [1.807, 2.05) is 18.2 Å². The van der Waals surface area contributed by atoms with Crippen molar-refractivity contribution in [2.45, 2.75) is 13.5 Å². The molecular formula is C13H12N2O3. The first-order valence-electron chi connectivity index (χ1n) is 5.45. The lowest BCUT2D eigenvalue weighted by molar-refractivity contribution is -0.131. The third-order valence-electron chi connectivity index (χ3n) is 2.56. The number of fused-ring (bicyclic) bond motifs is 1. The van der Waals surface area contributed by atoms with Gasteiger partial charge in [-0.15, -0.1) is 0 Å². The number of benzene rings is 1. The molecule has 1 aromatic carbocycles. The predicted molar refractivity (Wildman–Crippen MR) is 67.5 cm³/mol. The number of hydrogen-bond donors (Lipinski definition) is 1. The molecule has 1 aromatic heterocycles. The van der Waals surface area contributed by atoms with Crippen LogP contribution in [0.5, 0.6) is 0 Å². The van der Waals surface area contributed by atoms with Crippen molar-refractivity contribution in [1.29, 1.82) is 0 Å². The summed E-state index contributed by atoms with van der Waals surface area (Å²) >= 11 is 0. The van der Waals surface area contributed by atoms with Crippen LogP contribution < -0.4 is 5.56 Å². The number of para-hydroxylation sites is 2. The second-order valence-electron chi connectivity index (χ2n) is 3.84. The van der Waals surface area contributed by atoms with Crippen molar-refractivity contribution >= 4 is 17.0 Å². The Morgan fingerprint density at radius 3 is 2.89 bits per heavy atom. The average molecular weight is 244 g/mol. The number of rotatable bonds is 3. The molecule has 0 spiro atoms. The topological polar surface area (TPSA) is 72.2 Å². The van der Waals surface area contributed by atoms with Crippen molar-refractivity contribution in [3.05, 3.63) is 52.5 Å². The van der Waals surface area contributed by atoms with Gasteiger partial charge < -0.3 is 9.67 Å². The highest BCUT2D eigenvalue weighted by Crippen LogP contribution is 2.09. The molecule has 5 heteroatoms. The van der Waals surface area contributed by atoms with Crippen LogP contribution in [0.4, 0.5) is 0 Å². The van der Waals surface area contributed by atoms with Crippen molar-refractivity contribution in [2.75, 3.05) is 0 Å². The van der Waals surface area contributed by atoms with E-state index in [2.05, 4.69) is 4.98 Å². The van der Waals surface area contributed by atoms with Crippen molar-refractivity contribution in [3.63, 3.8) is 0 Å². The van der Waals surface area contributed by atoms with Gasteiger partial charge in [-0.05, 0) is 19.1 Å². The van der Waals surface area contributed by atoms with Gasteiger partial charge in [0.25, 0.3) is 5.56 Å². The minimum absolute atomic E-state index is 0.205. The molecule has 0 atom stereocenters. The van der Waals surface area contributed by atoms with E-state index in [1.165, 1.54) is 10.6 Å². The van der Waals surface area contributed by atoms with E-state index in [1.54, 1.807) is 13.0 Å². The molecule has 0 saturated carbocycles. The fourth-order valence-corrected chi connectivity index (χ4v) is 1.76. The van der Waals surface area contributed by atoms with Crippen LogP contribution in [0.1, 0.15) is 5.69 Å². The van der Waals surface area contributed by atoms with E-state index < -0.39 is 5.97 Å². The zero-order chi connectivity index (χ0) is 13.1. The Hall–Kier alpha value is -2.43. The van der Waals surface area contributed by atoms with E-state index in [4.69, 9.17) is 5.11 Å². The van der Waals surface area contributed by atoms with Crippen LogP contribution in [-0.2, 0) is 11.3 Å². The van der Waals surface area contributed by atoms with Crippen LogP contribution in [0.15, 0.2) is 41.2 Å². The molecule has 2 aromatic rings. The normalized spacial score (nSPS) is 11.2. The molecule has 0 aliphatic rings. The fraction of sp³-hybridized carbons (Fsp3) is 0.154. The number of nitrogens with zero attached hydrogens (tertiary/aromatic N) is 2. The van der Waals surface area contributed by atoms with Crippen LogP contribution in [0.2, 0.25) is 0 Å². The number of carbonyl (C=O) groups is 1. The second-order valence-corrected chi connectivity index (χ2v) is 3.84. The van der Waals surface area contributed by atoms with Crippen molar-refractivity contribution in [2.24, 2.45) is 0 Å². The Morgan fingerprint density at radius 1 is 1.44 bits per heavy atom. The van der Waals surface area contributed by atoms with Crippen LogP contribution in [0, 0.1) is 6.92 Å². The first kappa shape index (κ1) is 12.0. The Labute approximate surface area is 103 Å². The molecule has 0 radical (unpaired) electrons. The maximum Gasteiger partial charge on any atom is 0.328 e. The molecule has 0 saturated heterocycles. The summed E-state index contributed by atoms with van der Waals surface area (Å²) in [5.41, 5.74) is 1.61. The summed E-state index contributed by atoms with van der Waals surface area (Å²) in [6.45, 7) is 1.86. The molecule has 0 fully saturated rings. The third kappa shape index (κ3) is 2.29. The highest BCUT2D eigenvalue weighted by Gasteiger charge is 2.05. The minimum atomic E-state index is -1.03. The highest BCUT2D eigenvalue weighted by molar-refractivity contribution is 5.79. The van der Waals surface area contributed by atoms with Gasteiger partial charge in [0.15, 0.2) is 0 Å². The molecule has 0 amide bonds. The summed E-state index contributed by atoms with van der Waals surface area (Å²) in [4.78, 5) is 26.6. The SMILES string of the molecule is Cc1nc2ccccc2n(CC=CC(=O)O)c1=O. The van der Waals surface area contributed by atoms with Gasteiger partial charge in [0, 0.05) is 12.6 Å². The summed E-state index contributed by atoms with van der Waals surface area (Å²) < 4.78 is 1.51. The molecular weight excluding hydrogens is 232 g/mol. The second kappa shape index (κ2) is 4.83. The van der Waals surface area contributed by atoms with Crippen LogP contribution in [0.25, 0.3) is 11.0 Å². The Balaban J connectivity index is 2.57. The monoisotopic (exact) mass is 244 g/mol. The van der Waals surface area contributed by atoms with E-state index in [0.29, 0.717) is 11.2 Å². The number of allylic oxidation sites excluding steroid dienone is 1. The van der Waals surface area contributed by atoms with Crippen molar-refractivity contribution in [3.8, 4) is 0 Å². The van der Waals surface area contributed by atoms with Gasteiger partial charge in [0.05, 0.1) is 11.0 Å². The van der Waals surface area contributed by atoms with Crippen molar-refractivity contribution in [1.82, 2.24) is 9.55 Å². The summed E-state index contributed by atoms with van der Waals surface area (Å²) in [6, 6.07) is 7.27. The number of carboxylic acids is 1. The first-order valence-corrected chi connectivity index (χ1v) is 5.45. The molecule has 0 aliphatic carbocycles. The fourth-order valence-electron chi connectivity index (χ4n) is 1.76. The number of aromatic nitrogens is 2. The zero-order valence-electron chi connectivity index (χ0n) is 9.83. The summed E-state index contributed by atoms with van der Waals surface area (Å²) in [5.74, 6) is -1.03. The largest absolute Gasteiger partial charge is 0.478 e. The van der Waals surface area contributed by atoms with Gasteiger partial charge >= 0.3 is 5.97 Å². The molecule has 0 bridgehead atoms. The van der Waals surface area contributed by atoms with Crippen LogP contribution >= 0.6 is 0 Å². The minimum Gasteiger partial charge on any atom is -0.478 e. The van der Waals surface area contributed by atoms with Crippen molar-refractivity contribution < 1.29 is 9.90 Å². The molecule has 92 valence electrons. The molecule has 1 heterocycles. The lowest BCUT2D eigenvalue weighted by Crippen LogP contribution is -2.23.